The van der Waals surface area contributed by atoms with E-state index in [9.17, 15) is 4.79 Å². The number of hydrogen-bond donors (Lipinski definition) is 1. The quantitative estimate of drug-likeness (QED) is 0.807. The molecular formula is C15H19NO4. The number of nitrogens with zero attached hydrogens (tertiary/aromatic N) is 1. The van der Waals surface area contributed by atoms with E-state index in [1.807, 2.05) is 30.0 Å². The third-order valence-electron chi connectivity index (χ3n) is 3.30. The minimum Gasteiger partial charge on any atom is -0.486 e. The van der Waals surface area contributed by atoms with Gasteiger partial charge in [0.15, 0.2) is 11.5 Å². The van der Waals surface area contributed by atoms with Gasteiger partial charge in [-0.3, -0.25) is 9.69 Å². The van der Waals surface area contributed by atoms with E-state index in [2.05, 4.69) is 6.58 Å². The number of carbonyl (C=O) groups is 1. The zero-order chi connectivity index (χ0) is 14.5. The highest BCUT2D eigenvalue weighted by Crippen LogP contribution is 2.33. The highest BCUT2D eigenvalue weighted by Gasteiger charge is 2.20. The number of fused-ring (bicyclic) bond motifs is 1. The molecule has 0 saturated carbocycles. The number of carboxylic acid groups (broad SMARTS) is 1. The molecule has 1 atom stereocenters. The fourth-order valence-corrected chi connectivity index (χ4v) is 2.23. The van der Waals surface area contributed by atoms with Gasteiger partial charge in [-0.25, -0.2) is 0 Å². The van der Waals surface area contributed by atoms with Crippen LogP contribution in [0.25, 0.3) is 0 Å². The normalized spacial score (nSPS) is 14.9. The van der Waals surface area contributed by atoms with Crippen LogP contribution >= 0.6 is 0 Å². The average molecular weight is 277 g/mol. The van der Waals surface area contributed by atoms with Crippen LogP contribution in [-0.2, 0) is 4.79 Å². The molecule has 0 spiro atoms. The van der Waals surface area contributed by atoms with Crippen molar-refractivity contribution >= 4 is 5.97 Å². The molecule has 5 heteroatoms. The van der Waals surface area contributed by atoms with Gasteiger partial charge in [-0.15, -0.1) is 6.58 Å². The molecule has 108 valence electrons. The predicted octanol–water partition coefficient (Wildman–Crippen LogP) is 2.09. The van der Waals surface area contributed by atoms with E-state index >= 15 is 0 Å². The second-order valence-corrected chi connectivity index (χ2v) is 4.69. The molecular weight excluding hydrogens is 258 g/mol. The molecule has 1 unspecified atom stereocenters. The van der Waals surface area contributed by atoms with Crippen LogP contribution in [0.1, 0.15) is 18.5 Å². The SMILES string of the molecule is C=CCN(CC(=O)O)C(C)c1ccc2c(c1)OCCO2. The van der Waals surface area contributed by atoms with Crippen LogP contribution in [-0.4, -0.2) is 42.3 Å². The largest absolute Gasteiger partial charge is 0.486 e. The lowest BCUT2D eigenvalue weighted by molar-refractivity contribution is -0.138. The lowest BCUT2D eigenvalue weighted by Gasteiger charge is -2.28. The van der Waals surface area contributed by atoms with E-state index in [0.717, 1.165) is 17.1 Å². The standard InChI is InChI=1S/C15H19NO4/c1-3-6-16(10-15(17)18)11(2)12-4-5-13-14(9-12)20-8-7-19-13/h3-5,9,11H,1,6-8,10H2,2H3,(H,17,18). The first-order chi connectivity index (χ1) is 9.61. The molecule has 0 bridgehead atoms. The molecule has 0 amide bonds. The van der Waals surface area contributed by atoms with E-state index in [0.29, 0.717) is 19.8 Å². The summed E-state index contributed by atoms with van der Waals surface area (Å²) in [7, 11) is 0. The third-order valence-corrected chi connectivity index (χ3v) is 3.30. The van der Waals surface area contributed by atoms with E-state index in [4.69, 9.17) is 14.6 Å². The summed E-state index contributed by atoms with van der Waals surface area (Å²) in [4.78, 5) is 12.8. The maximum atomic E-state index is 10.9. The molecule has 20 heavy (non-hydrogen) atoms. The Balaban J connectivity index is 2.19. The van der Waals surface area contributed by atoms with Crippen molar-refractivity contribution in [3.8, 4) is 11.5 Å². The Morgan fingerprint density at radius 1 is 1.45 bits per heavy atom. The van der Waals surface area contributed by atoms with Gasteiger partial charge < -0.3 is 14.6 Å². The van der Waals surface area contributed by atoms with Gasteiger partial charge in [0.2, 0.25) is 0 Å². The first kappa shape index (κ1) is 14.4. The Morgan fingerprint density at radius 3 is 2.80 bits per heavy atom. The first-order valence-corrected chi connectivity index (χ1v) is 6.58. The van der Waals surface area contributed by atoms with Gasteiger partial charge in [0.05, 0.1) is 6.54 Å². The van der Waals surface area contributed by atoms with Crippen molar-refractivity contribution in [1.29, 1.82) is 0 Å². The first-order valence-electron chi connectivity index (χ1n) is 6.58. The highest BCUT2D eigenvalue weighted by atomic mass is 16.6. The zero-order valence-electron chi connectivity index (χ0n) is 11.5. The molecule has 0 aromatic heterocycles. The van der Waals surface area contributed by atoms with Crippen LogP contribution in [0.15, 0.2) is 30.9 Å². The Labute approximate surface area is 118 Å². The summed E-state index contributed by atoms with van der Waals surface area (Å²) in [6.45, 7) is 7.23. The van der Waals surface area contributed by atoms with Crippen LogP contribution in [0.3, 0.4) is 0 Å². The minimum absolute atomic E-state index is 0.0262. The van der Waals surface area contributed by atoms with Crippen molar-refractivity contribution < 1.29 is 19.4 Å². The van der Waals surface area contributed by atoms with Gasteiger partial charge in [0.25, 0.3) is 0 Å². The van der Waals surface area contributed by atoms with Gasteiger partial charge in [0, 0.05) is 12.6 Å². The topological polar surface area (TPSA) is 59.0 Å². The van der Waals surface area contributed by atoms with Gasteiger partial charge >= 0.3 is 5.97 Å². The van der Waals surface area contributed by atoms with Crippen LogP contribution in [0.5, 0.6) is 11.5 Å². The van der Waals surface area contributed by atoms with E-state index in [1.165, 1.54) is 0 Å². The van der Waals surface area contributed by atoms with E-state index in [1.54, 1.807) is 6.08 Å². The molecule has 0 saturated heterocycles. The number of carboxylic acids is 1. The molecule has 0 radical (unpaired) electrons. The fraction of sp³-hybridized carbons (Fsp3) is 0.400. The van der Waals surface area contributed by atoms with Crippen LogP contribution in [0, 0.1) is 0 Å². The average Bonchev–Trinajstić information content (AvgIpc) is 2.45. The molecule has 1 aliphatic rings. The van der Waals surface area contributed by atoms with Gasteiger partial charge in [-0.1, -0.05) is 12.1 Å². The summed E-state index contributed by atoms with van der Waals surface area (Å²) in [5.41, 5.74) is 0.998. The van der Waals surface area contributed by atoms with Crippen molar-refractivity contribution in [3.05, 3.63) is 36.4 Å². The monoisotopic (exact) mass is 277 g/mol. The van der Waals surface area contributed by atoms with Crippen LogP contribution in [0.4, 0.5) is 0 Å². The maximum absolute atomic E-state index is 10.9. The van der Waals surface area contributed by atoms with Crippen LogP contribution in [0.2, 0.25) is 0 Å². The number of ether oxygens (including phenoxy) is 2. The summed E-state index contributed by atoms with van der Waals surface area (Å²) < 4.78 is 11.0. The maximum Gasteiger partial charge on any atom is 0.317 e. The summed E-state index contributed by atoms with van der Waals surface area (Å²) in [6.07, 6.45) is 1.71. The molecule has 5 nitrogen and oxygen atoms in total. The number of aliphatic carboxylic acids is 1. The number of rotatable bonds is 6. The molecule has 1 aromatic rings. The van der Waals surface area contributed by atoms with Crippen molar-refractivity contribution in [3.63, 3.8) is 0 Å². The second kappa shape index (κ2) is 6.43. The van der Waals surface area contributed by atoms with E-state index < -0.39 is 5.97 Å². The second-order valence-electron chi connectivity index (χ2n) is 4.69. The Hall–Kier alpha value is -2.01. The van der Waals surface area contributed by atoms with Gasteiger partial charge in [-0.2, -0.15) is 0 Å². The predicted molar refractivity (Wildman–Crippen MR) is 75.3 cm³/mol. The summed E-state index contributed by atoms with van der Waals surface area (Å²) in [5, 5.41) is 8.98. The molecule has 1 heterocycles. The van der Waals surface area contributed by atoms with Gasteiger partial charge in [-0.05, 0) is 24.6 Å². The zero-order valence-corrected chi connectivity index (χ0v) is 11.5. The van der Waals surface area contributed by atoms with Crippen LogP contribution < -0.4 is 9.47 Å². The molecule has 1 aromatic carbocycles. The lowest BCUT2D eigenvalue weighted by atomic mass is 10.1. The summed E-state index contributed by atoms with van der Waals surface area (Å²) in [5.74, 6) is 0.603. The molecule has 0 aliphatic carbocycles. The van der Waals surface area contributed by atoms with Crippen molar-refractivity contribution in [1.82, 2.24) is 4.90 Å². The Morgan fingerprint density at radius 2 is 2.15 bits per heavy atom. The smallest absolute Gasteiger partial charge is 0.317 e. The molecule has 0 fully saturated rings. The van der Waals surface area contributed by atoms with Gasteiger partial charge in [0.1, 0.15) is 13.2 Å². The molecule has 1 N–H and O–H groups in total. The summed E-state index contributed by atoms with van der Waals surface area (Å²) >= 11 is 0. The van der Waals surface area contributed by atoms with E-state index in [-0.39, 0.29) is 12.6 Å². The minimum atomic E-state index is -0.851. The Kier molecular flexibility index (Phi) is 4.63. The fourth-order valence-electron chi connectivity index (χ4n) is 2.23. The third kappa shape index (κ3) is 3.30. The highest BCUT2D eigenvalue weighted by molar-refractivity contribution is 5.69. The number of hydrogen-bond acceptors (Lipinski definition) is 4. The summed E-state index contributed by atoms with van der Waals surface area (Å²) in [6, 6.07) is 5.68. The van der Waals surface area contributed by atoms with Crippen molar-refractivity contribution in [2.75, 3.05) is 26.3 Å². The number of benzene rings is 1. The molecule has 2 rings (SSSR count). The van der Waals surface area contributed by atoms with Crippen molar-refractivity contribution in [2.45, 2.75) is 13.0 Å². The van der Waals surface area contributed by atoms with Crippen molar-refractivity contribution in [2.24, 2.45) is 0 Å². The Bertz CT molecular complexity index is 501. The molecule has 1 aliphatic heterocycles. The lowest BCUT2D eigenvalue weighted by Crippen LogP contribution is -2.32.